The van der Waals surface area contributed by atoms with Gasteiger partial charge in [-0.3, -0.25) is 0 Å². The van der Waals surface area contributed by atoms with Gasteiger partial charge < -0.3 is 5.11 Å². The SMILES string of the molecule is C=CC(=O)O.[Cl][GeH]([Cl])[Cl]. The number of carbonyl (C=O) groups is 1. The summed E-state index contributed by atoms with van der Waals surface area (Å²) in [6.45, 7) is 2.96. The Morgan fingerprint density at radius 3 is 1.67 bits per heavy atom. The average molecular weight is 252 g/mol. The first kappa shape index (κ1) is 12.3. The van der Waals surface area contributed by atoms with Crippen LogP contribution in [-0.4, -0.2) is 22.6 Å². The molecule has 0 aromatic carbocycles. The van der Waals surface area contributed by atoms with Crippen molar-refractivity contribution >= 4 is 47.6 Å². The average Bonchev–Trinajstić information content (AvgIpc) is 1.65. The van der Waals surface area contributed by atoms with Crippen LogP contribution >= 0.6 is 30.0 Å². The number of halogens is 3. The van der Waals surface area contributed by atoms with Crippen LogP contribution in [0.3, 0.4) is 0 Å². The van der Waals surface area contributed by atoms with Gasteiger partial charge in [0.25, 0.3) is 0 Å². The first-order chi connectivity index (χ1) is 4.00. The number of hydrogen-bond acceptors (Lipinski definition) is 1. The summed E-state index contributed by atoms with van der Waals surface area (Å²) >= 11 is -2.06. The zero-order valence-electron chi connectivity index (χ0n) is 4.35. The predicted molar refractivity (Wildman–Crippen MR) is 42.5 cm³/mol. The molecule has 0 spiro atoms. The molecule has 0 radical (unpaired) electrons. The van der Waals surface area contributed by atoms with Crippen molar-refractivity contribution in [3.8, 4) is 0 Å². The normalized spacial score (nSPS) is 7.56. The second kappa shape index (κ2) is 8.62. The van der Waals surface area contributed by atoms with Crippen LogP contribution in [0.4, 0.5) is 0 Å². The molecule has 6 heteroatoms. The Kier molecular flexibility index (Phi) is 11.8. The third-order valence-corrected chi connectivity index (χ3v) is 0.175. The minimum atomic E-state index is -2.06. The van der Waals surface area contributed by atoms with E-state index < -0.39 is 17.5 Å². The molecule has 2 nitrogen and oxygen atoms in total. The Hall–Kier alpha value is 0.623. The minimum absolute atomic E-state index is 0.833. The van der Waals surface area contributed by atoms with Gasteiger partial charge in [0.1, 0.15) is 0 Å². The number of rotatable bonds is 1. The van der Waals surface area contributed by atoms with E-state index in [4.69, 9.17) is 35.1 Å². The van der Waals surface area contributed by atoms with Crippen molar-refractivity contribution < 1.29 is 9.90 Å². The molecule has 0 unspecified atom stereocenters. The molecule has 0 aliphatic carbocycles. The number of carboxylic acids is 1. The molecule has 0 aromatic rings. The molecule has 1 N–H and O–H groups in total. The number of hydrogen-bond donors (Lipinski definition) is 1. The van der Waals surface area contributed by atoms with E-state index in [9.17, 15) is 4.79 Å². The van der Waals surface area contributed by atoms with Gasteiger partial charge in [0.2, 0.25) is 0 Å². The molecule has 0 saturated carbocycles. The Labute approximate surface area is 70.1 Å². The third kappa shape index (κ3) is 55.0. The van der Waals surface area contributed by atoms with E-state index in [1.807, 2.05) is 0 Å². The molecule has 0 saturated heterocycles. The van der Waals surface area contributed by atoms with Gasteiger partial charge in [-0.1, -0.05) is 6.58 Å². The Balaban J connectivity index is 0. The molecule has 0 aromatic heterocycles. The van der Waals surface area contributed by atoms with Gasteiger partial charge in [0, 0.05) is 6.08 Å². The van der Waals surface area contributed by atoms with E-state index in [0.717, 1.165) is 6.08 Å². The van der Waals surface area contributed by atoms with Crippen LogP contribution in [0.2, 0.25) is 0 Å². The van der Waals surface area contributed by atoms with E-state index in [1.54, 1.807) is 0 Å². The quantitative estimate of drug-likeness (QED) is 0.569. The first-order valence-electron chi connectivity index (χ1n) is 1.78. The van der Waals surface area contributed by atoms with E-state index >= 15 is 0 Å². The van der Waals surface area contributed by atoms with Crippen molar-refractivity contribution in [1.29, 1.82) is 0 Å². The molecule has 0 fully saturated rings. The Morgan fingerprint density at radius 2 is 1.67 bits per heavy atom. The van der Waals surface area contributed by atoms with Gasteiger partial charge in [-0.05, 0) is 0 Å². The summed E-state index contributed by atoms with van der Waals surface area (Å²) < 4.78 is 0. The van der Waals surface area contributed by atoms with Crippen molar-refractivity contribution in [3.05, 3.63) is 12.7 Å². The van der Waals surface area contributed by atoms with Crippen molar-refractivity contribution in [2.24, 2.45) is 0 Å². The molecule has 0 rings (SSSR count). The molecular formula is C3H5Cl3GeO2. The second-order valence-electron chi connectivity index (χ2n) is 0.790. The van der Waals surface area contributed by atoms with Crippen molar-refractivity contribution in [2.75, 3.05) is 0 Å². The first-order valence-corrected chi connectivity index (χ1v) is 11.3. The maximum atomic E-state index is 9.25. The molecular weight excluding hydrogens is 247 g/mol. The summed E-state index contributed by atoms with van der Waals surface area (Å²) in [6.07, 6.45) is 0.833. The summed E-state index contributed by atoms with van der Waals surface area (Å²) in [5.74, 6) is -0.981. The summed E-state index contributed by atoms with van der Waals surface area (Å²) in [6, 6.07) is 0. The van der Waals surface area contributed by atoms with Gasteiger partial charge in [-0.25, -0.2) is 4.79 Å². The summed E-state index contributed by atoms with van der Waals surface area (Å²) in [4.78, 5) is 9.25. The van der Waals surface area contributed by atoms with Crippen LogP contribution in [0, 0.1) is 0 Å². The fourth-order valence-corrected chi connectivity index (χ4v) is 0. The van der Waals surface area contributed by atoms with E-state index in [-0.39, 0.29) is 0 Å². The molecule has 0 amide bonds. The predicted octanol–water partition coefficient (Wildman–Crippen LogP) is 1.68. The van der Waals surface area contributed by atoms with Gasteiger partial charge in [-0.15, -0.1) is 0 Å². The van der Waals surface area contributed by atoms with Crippen molar-refractivity contribution in [3.63, 3.8) is 0 Å². The van der Waals surface area contributed by atoms with Crippen LogP contribution in [0.5, 0.6) is 0 Å². The molecule has 9 heavy (non-hydrogen) atoms. The van der Waals surface area contributed by atoms with Crippen LogP contribution in [0.15, 0.2) is 12.7 Å². The monoisotopic (exact) mass is 252 g/mol. The Bertz CT molecular complexity index is 92.3. The van der Waals surface area contributed by atoms with Crippen molar-refractivity contribution in [1.82, 2.24) is 0 Å². The number of aliphatic carboxylic acids is 1. The second-order valence-corrected chi connectivity index (χ2v) is 12.1. The fourth-order valence-electron chi connectivity index (χ4n) is 0. The number of carboxylic acid groups (broad SMARTS) is 1. The van der Waals surface area contributed by atoms with Gasteiger partial charge in [0.15, 0.2) is 0 Å². The molecule has 54 valence electrons. The molecule has 0 aliphatic rings. The molecule has 0 atom stereocenters. The topological polar surface area (TPSA) is 37.3 Å². The van der Waals surface area contributed by atoms with E-state index in [2.05, 4.69) is 6.58 Å². The standard InChI is InChI=1S/C3H4O2.Cl3GeH/c1-2-3(4)5;1-4(2)3/h2H,1H2,(H,4,5);4H. The van der Waals surface area contributed by atoms with Crippen LogP contribution in [-0.2, 0) is 4.79 Å². The summed E-state index contributed by atoms with van der Waals surface area (Å²) in [5.41, 5.74) is 0. The summed E-state index contributed by atoms with van der Waals surface area (Å²) in [5, 5.41) is 7.60. The van der Waals surface area contributed by atoms with Gasteiger partial charge in [-0.2, -0.15) is 0 Å². The van der Waals surface area contributed by atoms with Gasteiger partial charge in [0.05, 0.1) is 0 Å². The molecule has 0 heterocycles. The van der Waals surface area contributed by atoms with Crippen LogP contribution < -0.4 is 0 Å². The molecule has 0 aliphatic heterocycles. The third-order valence-electron chi connectivity index (χ3n) is 0.175. The van der Waals surface area contributed by atoms with Gasteiger partial charge >= 0.3 is 47.6 Å². The van der Waals surface area contributed by atoms with E-state index in [0.29, 0.717) is 0 Å². The molecule has 0 bridgehead atoms. The van der Waals surface area contributed by atoms with Crippen molar-refractivity contribution in [2.45, 2.75) is 0 Å². The fraction of sp³-hybridized carbons (Fsp3) is 0. The van der Waals surface area contributed by atoms with Crippen LogP contribution in [0.1, 0.15) is 0 Å². The van der Waals surface area contributed by atoms with E-state index in [1.165, 1.54) is 0 Å². The summed E-state index contributed by atoms with van der Waals surface area (Å²) in [7, 11) is 15.0. The maximum absolute atomic E-state index is 9.25. The van der Waals surface area contributed by atoms with Crippen LogP contribution in [0.25, 0.3) is 0 Å². The Morgan fingerprint density at radius 1 is 1.56 bits per heavy atom. The zero-order valence-corrected chi connectivity index (χ0v) is 9.04. The zero-order chi connectivity index (χ0) is 7.86.